The van der Waals surface area contributed by atoms with Gasteiger partial charge in [-0.15, -0.1) is 0 Å². The molecule has 2 rings (SSSR count). The van der Waals surface area contributed by atoms with E-state index in [0.717, 1.165) is 21.7 Å². The zero-order valence-corrected chi connectivity index (χ0v) is 17.7. The molecule has 0 aliphatic rings. The number of amides is 1. The van der Waals surface area contributed by atoms with Crippen molar-refractivity contribution < 1.29 is 22.7 Å². The first kappa shape index (κ1) is 21.8. The molecule has 0 atom stereocenters. The molecule has 9 heteroatoms. The summed E-state index contributed by atoms with van der Waals surface area (Å²) in [6.07, 6.45) is 1.02. The molecular weight excluding hydrogens is 404 g/mol. The number of carbonyl (C=O) groups is 1. The van der Waals surface area contributed by atoms with Crippen molar-refractivity contribution in [3.8, 4) is 11.5 Å². The average molecular weight is 427 g/mol. The number of sulfonamides is 1. The van der Waals surface area contributed by atoms with E-state index < -0.39 is 22.5 Å². The van der Waals surface area contributed by atoms with Crippen LogP contribution in [-0.2, 0) is 21.4 Å². The summed E-state index contributed by atoms with van der Waals surface area (Å²) in [5, 5.41) is 3.01. The van der Waals surface area contributed by atoms with Gasteiger partial charge in [-0.05, 0) is 18.1 Å². The Morgan fingerprint density at radius 2 is 1.79 bits per heavy atom. The molecule has 0 aliphatic carbocycles. The van der Waals surface area contributed by atoms with Crippen molar-refractivity contribution in [3.63, 3.8) is 0 Å². The van der Waals surface area contributed by atoms with Gasteiger partial charge in [0.05, 0.1) is 31.2 Å². The lowest BCUT2D eigenvalue weighted by molar-refractivity contribution is -0.119. The number of hydrogen-bond acceptors (Lipinski definition) is 5. The average Bonchev–Trinajstić information content (AvgIpc) is 2.64. The number of carbonyl (C=O) groups excluding carboxylic acids is 1. The number of nitrogens with zero attached hydrogens (tertiary/aromatic N) is 1. The van der Waals surface area contributed by atoms with Crippen molar-refractivity contribution in [2.24, 2.45) is 0 Å². The molecule has 152 valence electrons. The molecule has 0 unspecified atom stereocenters. The number of ether oxygens (including phenoxy) is 2. The predicted octanol–water partition coefficient (Wildman–Crippen LogP) is 2.75. The lowest BCUT2D eigenvalue weighted by Crippen LogP contribution is -2.40. The topological polar surface area (TPSA) is 84.9 Å². The maximum atomic E-state index is 12.5. The van der Waals surface area contributed by atoms with Crippen LogP contribution in [0.2, 0.25) is 5.02 Å². The van der Waals surface area contributed by atoms with E-state index in [0.29, 0.717) is 6.54 Å². The molecule has 1 N–H and O–H groups in total. The third kappa shape index (κ3) is 5.30. The highest BCUT2D eigenvalue weighted by Gasteiger charge is 2.25. The monoisotopic (exact) mass is 426 g/mol. The van der Waals surface area contributed by atoms with Gasteiger partial charge in [0.1, 0.15) is 18.0 Å². The predicted molar refractivity (Wildman–Crippen MR) is 110 cm³/mol. The number of hydrogen-bond donors (Lipinski definition) is 1. The van der Waals surface area contributed by atoms with E-state index in [-0.39, 0.29) is 22.2 Å². The molecule has 0 saturated heterocycles. The minimum absolute atomic E-state index is 0.164. The van der Waals surface area contributed by atoms with Gasteiger partial charge in [0.25, 0.3) is 0 Å². The molecule has 0 aromatic heterocycles. The Kier molecular flexibility index (Phi) is 7.15. The molecule has 7 nitrogen and oxygen atoms in total. The number of halogens is 1. The first-order chi connectivity index (χ1) is 13.2. The third-order valence-corrected chi connectivity index (χ3v) is 5.57. The number of anilines is 1. The van der Waals surface area contributed by atoms with Crippen LogP contribution < -0.4 is 19.1 Å². The highest BCUT2D eigenvalue weighted by atomic mass is 35.5. The molecule has 1 amide bonds. The molecule has 0 radical (unpaired) electrons. The van der Waals surface area contributed by atoms with Gasteiger partial charge in [-0.1, -0.05) is 35.9 Å². The van der Waals surface area contributed by atoms with Crippen molar-refractivity contribution in [2.45, 2.75) is 13.5 Å². The lowest BCUT2D eigenvalue weighted by Gasteiger charge is -2.24. The first-order valence-electron chi connectivity index (χ1n) is 8.37. The van der Waals surface area contributed by atoms with Crippen molar-refractivity contribution >= 4 is 33.2 Å². The smallest absolute Gasteiger partial charge is 0.241 e. The summed E-state index contributed by atoms with van der Waals surface area (Å²) >= 11 is 6.09. The summed E-state index contributed by atoms with van der Waals surface area (Å²) in [4.78, 5) is 12.5. The number of aryl methyl sites for hydroxylation is 1. The van der Waals surface area contributed by atoms with Crippen LogP contribution in [0, 0.1) is 6.92 Å². The SMILES string of the molecule is COc1cc(N(CC(=O)NCc2ccccc2C)S(C)(=O)=O)c(OC)cc1Cl. The van der Waals surface area contributed by atoms with Crippen molar-refractivity contribution in [1.82, 2.24) is 5.32 Å². The third-order valence-electron chi connectivity index (χ3n) is 4.15. The zero-order chi connectivity index (χ0) is 20.9. The van der Waals surface area contributed by atoms with Crippen molar-refractivity contribution in [3.05, 3.63) is 52.5 Å². The van der Waals surface area contributed by atoms with Crippen LogP contribution in [0.3, 0.4) is 0 Å². The second-order valence-electron chi connectivity index (χ2n) is 6.13. The van der Waals surface area contributed by atoms with E-state index in [1.165, 1.54) is 26.4 Å². The Hall–Kier alpha value is -2.45. The van der Waals surface area contributed by atoms with E-state index in [1.54, 1.807) is 0 Å². The molecule has 2 aromatic carbocycles. The van der Waals surface area contributed by atoms with Crippen LogP contribution in [-0.4, -0.2) is 41.3 Å². The van der Waals surface area contributed by atoms with E-state index in [1.807, 2.05) is 31.2 Å². The highest BCUT2D eigenvalue weighted by Crippen LogP contribution is 2.38. The standard InChI is InChI=1S/C19H23ClN2O5S/c1-13-7-5-6-8-14(13)11-21-19(23)12-22(28(4,24)25)16-10-17(26-2)15(20)9-18(16)27-3/h5-10H,11-12H2,1-4H3,(H,21,23). The van der Waals surface area contributed by atoms with Gasteiger partial charge in [0.2, 0.25) is 15.9 Å². The summed E-state index contributed by atoms with van der Waals surface area (Å²) in [6, 6.07) is 10.5. The van der Waals surface area contributed by atoms with Crippen LogP contribution >= 0.6 is 11.6 Å². The van der Waals surface area contributed by atoms with Crippen LogP contribution in [0.5, 0.6) is 11.5 Å². The summed E-state index contributed by atoms with van der Waals surface area (Å²) < 4.78 is 36.1. The Balaban J connectivity index is 2.28. The number of methoxy groups -OCH3 is 2. The van der Waals surface area contributed by atoms with Gasteiger partial charge in [-0.3, -0.25) is 9.10 Å². The van der Waals surface area contributed by atoms with E-state index in [2.05, 4.69) is 5.32 Å². The Morgan fingerprint density at radius 3 is 2.36 bits per heavy atom. The summed E-state index contributed by atoms with van der Waals surface area (Å²) in [5.74, 6) is 0.0269. The number of benzene rings is 2. The van der Waals surface area contributed by atoms with Crippen molar-refractivity contribution in [1.29, 1.82) is 0 Å². The normalized spacial score (nSPS) is 11.0. The molecule has 0 heterocycles. The molecule has 0 spiro atoms. The molecule has 0 fully saturated rings. The van der Waals surface area contributed by atoms with Gasteiger partial charge in [-0.2, -0.15) is 0 Å². The second-order valence-corrected chi connectivity index (χ2v) is 8.45. The molecular formula is C19H23ClN2O5S. The highest BCUT2D eigenvalue weighted by molar-refractivity contribution is 7.92. The fourth-order valence-corrected chi connectivity index (χ4v) is 3.69. The van der Waals surface area contributed by atoms with Gasteiger partial charge in [0, 0.05) is 18.7 Å². The molecule has 28 heavy (non-hydrogen) atoms. The molecule has 2 aromatic rings. The van der Waals surface area contributed by atoms with Crippen LogP contribution in [0.25, 0.3) is 0 Å². The van der Waals surface area contributed by atoms with Crippen LogP contribution in [0.15, 0.2) is 36.4 Å². The fourth-order valence-electron chi connectivity index (χ4n) is 2.61. The van der Waals surface area contributed by atoms with Gasteiger partial charge < -0.3 is 14.8 Å². The van der Waals surface area contributed by atoms with E-state index in [9.17, 15) is 13.2 Å². The lowest BCUT2D eigenvalue weighted by atomic mass is 10.1. The van der Waals surface area contributed by atoms with Crippen molar-refractivity contribution in [2.75, 3.05) is 31.3 Å². The Morgan fingerprint density at radius 1 is 1.14 bits per heavy atom. The molecule has 0 aliphatic heterocycles. The number of rotatable bonds is 8. The summed E-state index contributed by atoms with van der Waals surface area (Å²) in [7, 11) is -0.978. The Bertz CT molecular complexity index is 963. The molecule has 0 bridgehead atoms. The molecule has 0 saturated carbocycles. The van der Waals surface area contributed by atoms with Gasteiger partial charge in [0.15, 0.2) is 0 Å². The van der Waals surface area contributed by atoms with Crippen LogP contribution in [0.1, 0.15) is 11.1 Å². The second kappa shape index (κ2) is 9.16. The maximum absolute atomic E-state index is 12.5. The summed E-state index contributed by atoms with van der Waals surface area (Å²) in [5.41, 5.74) is 2.15. The zero-order valence-electron chi connectivity index (χ0n) is 16.2. The quantitative estimate of drug-likeness (QED) is 0.701. The largest absolute Gasteiger partial charge is 0.495 e. The number of nitrogens with one attached hydrogen (secondary N) is 1. The first-order valence-corrected chi connectivity index (χ1v) is 10.6. The van der Waals surface area contributed by atoms with Gasteiger partial charge in [-0.25, -0.2) is 8.42 Å². The maximum Gasteiger partial charge on any atom is 0.241 e. The van der Waals surface area contributed by atoms with E-state index >= 15 is 0 Å². The van der Waals surface area contributed by atoms with Gasteiger partial charge >= 0.3 is 0 Å². The Labute approximate surface area is 170 Å². The minimum atomic E-state index is -3.78. The minimum Gasteiger partial charge on any atom is -0.495 e. The van der Waals surface area contributed by atoms with Crippen LogP contribution in [0.4, 0.5) is 5.69 Å². The van der Waals surface area contributed by atoms with E-state index in [4.69, 9.17) is 21.1 Å². The fraction of sp³-hybridized carbons (Fsp3) is 0.316. The summed E-state index contributed by atoms with van der Waals surface area (Å²) in [6.45, 7) is 1.82.